The topological polar surface area (TPSA) is 104 Å². The first-order chi connectivity index (χ1) is 8.08. The number of nitrogen functional groups attached to an aromatic ring is 1. The van der Waals surface area contributed by atoms with Crippen LogP contribution in [0.5, 0.6) is 0 Å². The lowest BCUT2D eigenvalue weighted by atomic mass is 10.1. The van der Waals surface area contributed by atoms with Gasteiger partial charge in [0.05, 0.1) is 17.5 Å². The van der Waals surface area contributed by atoms with E-state index in [4.69, 9.17) is 5.73 Å². The second kappa shape index (κ2) is 4.75. The molecule has 2 unspecified atom stereocenters. The van der Waals surface area contributed by atoms with Gasteiger partial charge >= 0.3 is 0 Å². The second-order valence-corrected chi connectivity index (χ2v) is 4.65. The Balaban J connectivity index is 1.87. The van der Waals surface area contributed by atoms with E-state index in [-0.39, 0.29) is 17.7 Å². The molecule has 1 aromatic rings. The number of aliphatic hydroxyl groups is 1. The number of carbonyl (C=O) groups is 1. The Labute approximate surface area is 99.6 Å². The number of aromatic nitrogens is 2. The molecule has 0 bridgehead atoms. The van der Waals surface area contributed by atoms with Crippen LogP contribution in [0.3, 0.4) is 0 Å². The van der Waals surface area contributed by atoms with Gasteiger partial charge in [-0.15, -0.1) is 0 Å². The Bertz CT molecular complexity index is 416. The van der Waals surface area contributed by atoms with E-state index in [1.807, 2.05) is 0 Å². The van der Waals surface area contributed by atoms with Crippen LogP contribution >= 0.6 is 0 Å². The van der Waals surface area contributed by atoms with Crippen molar-refractivity contribution in [3.8, 4) is 0 Å². The van der Waals surface area contributed by atoms with Crippen LogP contribution in [0.2, 0.25) is 0 Å². The first-order valence-electron chi connectivity index (χ1n) is 5.84. The zero-order valence-electron chi connectivity index (χ0n) is 9.86. The molecule has 1 amide bonds. The molecule has 5 N–H and O–H groups in total. The van der Waals surface area contributed by atoms with Gasteiger partial charge in [-0.1, -0.05) is 0 Å². The van der Waals surface area contributed by atoms with Crippen LogP contribution in [0, 0.1) is 12.8 Å². The average Bonchev–Trinajstić information content (AvgIpc) is 2.84. The highest BCUT2D eigenvalue weighted by Gasteiger charge is 2.24. The summed E-state index contributed by atoms with van der Waals surface area (Å²) in [5, 5.41) is 18.7. The maximum absolute atomic E-state index is 11.8. The highest BCUT2D eigenvalue weighted by molar-refractivity contribution is 5.97. The fraction of sp³-hybridized carbons (Fsp3) is 0.636. The number of hydrogen-bond acceptors (Lipinski definition) is 4. The fourth-order valence-corrected chi connectivity index (χ4v) is 2.17. The predicted octanol–water partition coefficient (Wildman–Crippen LogP) is 0.191. The summed E-state index contributed by atoms with van der Waals surface area (Å²) in [6.45, 7) is 2.34. The van der Waals surface area contributed by atoms with Crippen molar-refractivity contribution in [1.29, 1.82) is 0 Å². The molecule has 94 valence electrons. The number of carbonyl (C=O) groups excluding carboxylic acids is 1. The van der Waals surface area contributed by atoms with Gasteiger partial charge in [0, 0.05) is 6.54 Å². The largest absolute Gasteiger partial charge is 0.395 e. The molecule has 1 aromatic heterocycles. The van der Waals surface area contributed by atoms with Gasteiger partial charge in [-0.3, -0.25) is 9.89 Å². The van der Waals surface area contributed by atoms with Crippen LogP contribution in [-0.4, -0.2) is 33.9 Å². The molecular formula is C11H18N4O2. The number of nitrogens with two attached hydrogens (primary N) is 1. The maximum Gasteiger partial charge on any atom is 0.273 e. The van der Waals surface area contributed by atoms with E-state index in [0.29, 0.717) is 23.8 Å². The van der Waals surface area contributed by atoms with E-state index in [1.165, 1.54) is 0 Å². The third kappa shape index (κ3) is 2.58. The minimum Gasteiger partial charge on any atom is -0.395 e. The summed E-state index contributed by atoms with van der Waals surface area (Å²) >= 11 is 0. The molecule has 0 radical (unpaired) electrons. The summed E-state index contributed by atoms with van der Waals surface area (Å²) in [6.07, 6.45) is 2.32. The van der Waals surface area contributed by atoms with Crippen molar-refractivity contribution in [2.24, 2.45) is 5.92 Å². The van der Waals surface area contributed by atoms with Crippen molar-refractivity contribution in [3.05, 3.63) is 11.4 Å². The molecule has 2 atom stereocenters. The highest BCUT2D eigenvalue weighted by Crippen LogP contribution is 2.24. The summed E-state index contributed by atoms with van der Waals surface area (Å²) in [7, 11) is 0. The first kappa shape index (κ1) is 11.9. The Morgan fingerprint density at radius 3 is 2.94 bits per heavy atom. The Hall–Kier alpha value is -1.56. The molecule has 0 spiro atoms. The summed E-state index contributed by atoms with van der Waals surface area (Å²) < 4.78 is 0. The normalized spacial score (nSPS) is 23.9. The number of H-pyrrole nitrogens is 1. The van der Waals surface area contributed by atoms with Crippen LogP contribution in [0.4, 0.5) is 5.69 Å². The van der Waals surface area contributed by atoms with E-state index < -0.39 is 0 Å². The van der Waals surface area contributed by atoms with Gasteiger partial charge in [-0.2, -0.15) is 5.10 Å². The van der Waals surface area contributed by atoms with Gasteiger partial charge in [0.25, 0.3) is 5.91 Å². The van der Waals surface area contributed by atoms with Crippen molar-refractivity contribution in [2.75, 3.05) is 12.3 Å². The van der Waals surface area contributed by atoms with Crippen LogP contribution in [0.25, 0.3) is 0 Å². The molecule has 1 aliphatic rings. The standard InChI is InChI=1S/C11H18N4O2/c1-6-9(12)10(15-14-6)11(17)13-5-7-2-3-8(16)4-7/h7-8,16H,2-5,12H2,1H3,(H,13,17)(H,14,15). The van der Waals surface area contributed by atoms with Gasteiger partial charge in [0.2, 0.25) is 0 Å². The molecular weight excluding hydrogens is 220 g/mol. The minimum absolute atomic E-state index is 0.213. The zero-order valence-corrected chi connectivity index (χ0v) is 9.86. The van der Waals surface area contributed by atoms with Gasteiger partial charge < -0.3 is 16.2 Å². The molecule has 0 saturated heterocycles. The highest BCUT2D eigenvalue weighted by atomic mass is 16.3. The first-order valence-corrected chi connectivity index (χ1v) is 5.84. The van der Waals surface area contributed by atoms with Crippen LogP contribution in [0.15, 0.2) is 0 Å². The number of aromatic amines is 1. The van der Waals surface area contributed by atoms with E-state index in [0.717, 1.165) is 19.3 Å². The smallest absolute Gasteiger partial charge is 0.273 e. The van der Waals surface area contributed by atoms with E-state index in [1.54, 1.807) is 6.92 Å². The number of rotatable bonds is 3. The number of nitrogens with one attached hydrogen (secondary N) is 2. The van der Waals surface area contributed by atoms with Crippen LogP contribution in [-0.2, 0) is 0 Å². The monoisotopic (exact) mass is 238 g/mol. The summed E-state index contributed by atoms with van der Waals surface area (Å²) in [4.78, 5) is 11.8. The molecule has 0 aliphatic heterocycles. The van der Waals surface area contributed by atoms with Gasteiger partial charge in [0.1, 0.15) is 0 Å². The molecule has 0 aromatic carbocycles. The molecule has 1 fully saturated rings. The molecule has 6 heteroatoms. The van der Waals surface area contributed by atoms with E-state index in [9.17, 15) is 9.90 Å². The number of amides is 1. The second-order valence-electron chi connectivity index (χ2n) is 4.65. The molecule has 1 saturated carbocycles. The number of aryl methyl sites for hydroxylation is 1. The van der Waals surface area contributed by atoms with Crippen molar-refractivity contribution < 1.29 is 9.90 Å². The lowest BCUT2D eigenvalue weighted by molar-refractivity contribution is 0.0941. The van der Waals surface area contributed by atoms with E-state index in [2.05, 4.69) is 15.5 Å². The fourth-order valence-electron chi connectivity index (χ4n) is 2.17. The van der Waals surface area contributed by atoms with Gasteiger partial charge in [-0.05, 0) is 32.1 Å². The summed E-state index contributed by atoms with van der Waals surface area (Å²) in [5.74, 6) is 0.100. The van der Waals surface area contributed by atoms with Crippen LogP contribution in [0.1, 0.15) is 35.4 Å². The quantitative estimate of drug-likeness (QED) is 0.603. The molecule has 6 nitrogen and oxygen atoms in total. The number of anilines is 1. The number of aliphatic hydroxyl groups excluding tert-OH is 1. The molecule has 2 rings (SSSR count). The third-order valence-corrected chi connectivity index (χ3v) is 3.27. The van der Waals surface area contributed by atoms with Gasteiger partial charge in [-0.25, -0.2) is 0 Å². The molecule has 1 heterocycles. The minimum atomic E-state index is -0.256. The maximum atomic E-state index is 11.8. The number of nitrogens with zero attached hydrogens (tertiary/aromatic N) is 1. The van der Waals surface area contributed by atoms with Crippen molar-refractivity contribution >= 4 is 11.6 Å². The predicted molar refractivity (Wildman–Crippen MR) is 63.4 cm³/mol. The Morgan fingerprint density at radius 2 is 2.41 bits per heavy atom. The van der Waals surface area contributed by atoms with Crippen LogP contribution < -0.4 is 11.1 Å². The number of hydrogen-bond donors (Lipinski definition) is 4. The summed E-state index contributed by atoms with van der Waals surface area (Å²) in [5.41, 5.74) is 7.06. The summed E-state index contributed by atoms with van der Waals surface area (Å²) in [6, 6.07) is 0. The van der Waals surface area contributed by atoms with Crippen molar-refractivity contribution in [2.45, 2.75) is 32.3 Å². The Kier molecular flexibility index (Phi) is 3.33. The Morgan fingerprint density at radius 1 is 1.65 bits per heavy atom. The lowest BCUT2D eigenvalue weighted by Gasteiger charge is -2.10. The lowest BCUT2D eigenvalue weighted by Crippen LogP contribution is -2.29. The SMILES string of the molecule is Cc1[nH]nc(C(=O)NCC2CCC(O)C2)c1N. The van der Waals surface area contributed by atoms with Gasteiger partial charge in [0.15, 0.2) is 5.69 Å². The third-order valence-electron chi connectivity index (χ3n) is 3.27. The van der Waals surface area contributed by atoms with Crippen molar-refractivity contribution in [1.82, 2.24) is 15.5 Å². The zero-order chi connectivity index (χ0) is 12.4. The van der Waals surface area contributed by atoms with Crippen molar-refractivity contribution in [3.63, 3.8) is 0 Å². The average molecular weight is 238 g/mol. The molecule has 1 aliphatic carbocycles. The molecule has 17 heavy (non-hydrogen) atoms. The van der Waals surface area contributed by atoms with E-state index >= 15 is 0 Å².